The van der Waals surface area contributed by atoms with Crippen molar-refractivity contribution in [3.05, 3.63) is 70.9 Å². The summed E-state index contributed by atoms with van der Waals surface area (Å²) in [5.41, 5.74) is 1.93. The van der Waals surface area contributed by atoms with Crippen LogP contribution in [0.4, 0.5) is 5.69 Å². The highest BCUT2D eigenvalue weighted by molar-refractivity contribution is 6.02. The molecule has 33 heavy (non-hydrogen) atoms. The Bertz CT molecular complexity index is 1230. The molecule has 4 aliphatic carbocycles. The number of anilines is 1. The number of amides is 1. The van der Waals surface area contributed by atoms with E-state index in [2.05, 4.69) is 10.3 Å². The molecule has 170 valence electrons. The van der Waals surface area contributed by atoms with Crippen molar-refractivity contribution in [2.24, 2.45) is 23.2 Å². The van der Waals surface area contributed by atoms with E-state index in [9.17, 15) is 9.59 Å². The smallest absolute Gasteiger partial charge is 0.259 e. The SMILES string of the molecule is CC(c1ccncc1)n1ccc2c(NC(=O)CC34CC5CC(CC(C5)C3)C4)cccc2c1=O. The Morgan fingerprint density at radius 3 is 2.36 bits per heavy atom. The minimum absolute atomic E-state index is 0.0472. The fourth-order valence-corrected chi connectivity index (χ4v) is 7.55. The van der Waals surface area contributed by atoms with Crippen molar-refractivity contribution in [3.8, 4) is 0 Å². The van der Waals surface area contributed by atoms with Crippen LogP contribution < -0.4 is 10.9 Å². The third-order valence-electron chi connectivity index (χ3n) is 8.55. The lowest BCUT2D eigenvalue weighted by atomic mass is 9.49. The number of carbonyl (C=O) groups excluding carboxylic acids is 1. The fourth-order valence-electron chi connectivity index (χ4n) is 7.55. The van der Waals surface area contributed by atoms with Gasteiger partial charge in [-0.15, -0.1) is 0 Å². The molecule has 7 rings (SSSR count). The van der Waals surface area contributed by atoms with E-state index in [-0.39, 0.29) is 22.9 Å². The van der Waals surface area contributed by atoms with E-state index in [4.69, 9.17) is 0 Å². The normalized spacial score (nSPS) is 28.7. The Hall–Kier alpha value is -2.95. The molecule has 0 aliphatic heterocycles. The number of hydrogen-bond donors (Lipinski definition) is 1. The molecular formula is C28H31N3O2. The minimum atomic E-state index is -0.0979. The summed E-state index contributed by atoms with van der Waals surface area (Å²) in [6, 6.07) is 11.3. The number of nitrogens with one attached hydrogen (secondary N) is 1. The Morgan fingerprint density at radius 2 is 1.70 bits per heavy atom. The van der Waals surface area contributed by atoms with Crippen molar-refractivity contribution < 1.29 is 4.79 Å². The summed E-state index contributed by atoms with van der Waals surface area (Å²) < 4.78 is 1.75. The van der Waals surface area contributed by atoms with Crippen LogP contribution in [0.15, 0.2) is 59.8 Å². The molecule has 4 saturated carbocycles. The van der Waals surface area contributed by atoms with Gasteiger partial charge in [-0.05, 0) is 105 Å². The van der Waals surface area contributed by atoms with Crippen LogP contribution in [0, 0.1) is 23.2 Å². The van der Waals surface area contributed by atoms with Gasteiger partial charge < -0.3 is 9.88 Å². The van der Waals surface area contributed by atoms with Gasteiger partial charge in [0.2, 0.25) is 5.91 Å². The Balaban J connectivity index is 1.25. The molecule has 1 atom stereocenters. The van der Waals surface area contributed by atoms with Crippen LogP contribution in [-0.4, -0.2) is 15.5 Å². The monoisotopic (exact) mass is 441 g/mol. The molecule has 0 spiro atoms. The van der Waals surface area contributed by atoms with Gasteiger partial charge in [0.25, 0.3) is 5.56 Å². The Labute approximate surface area is 194 Å². The van der Waals surface area contributed by atoms with E-state index < -0.39 is 0 Å². The number of aromatic nitrogens is 2. The van der Waals surface area contributed by atoms with Gasteiger partial charge in [0.15, 0.2) is 0 Å². The zero-order valence-corrected chi connectivity index (χ0v) is 19.2. The topological polar surface area (TPSA) is 64.0 Å². The number of fused-ring (bicyclic) bond motifs is 1. The second kappa shape index (κ2) is 7.82. The van der Waals surface area contributed by atoms with Crippen LogP contribution in [0.1, 0.15) is 63.5 Å². The van der Waals surface area contributed by atoms with Crippen LogP contribution in [0.25, 0.3) is 10.8 Å². The van der Waals surface area contributed by atoms with E-state index in [1.165, 1.54) is 38.5 Å². The Morgan fingerprint density at radius 1 is 1.03 bits per heavy atom. The highest BCUT2D eigenvalue weighted by atomic mass is 16.1. The van der Waals surface area contributed by atoms with Gasteiger partial charge in [0.1, 0.15) is 0 Å². The largest absolute Gasteiger partial charge is 0.325 e. The van der Waals surface area contributed by atoms with Gasteiger partial charge in [-0.1, -0.05) is 6.07 Å². The highest BCUT2D eigenvalue weighted by Crippen LogP contribution is 2.61. The van der Waals surface area contributed by atoms with Crippen LogP contribution in [0.2, 0.25) is 0 Å². The lowest BCUT2D eigenvalue weighted by molar-refractivity contribution is -0.124. The summed E-state index contributed by atoms with van der Waals surface area (Å²) in [6.45, 7) is 2.01. The van der Waals surface area contributed by atoms with Gasteiger partial charge in [0, 0.05) is 41.5 Å². The molecular weight excluding hydrogens is 410 g/mol. The number of hydrogen-bond acceptors (Lipinski definition) is 3. The van der Waals surface area contributed by atoms with Crippen LogP contribution in [0.3, 0.4) is 0 Å². The average Bonchev–Trinajstić information content (AvgIpc) is 2.78. The molecule has 2 heterocycles. The summed E-state index contributed by atoms with van der Waals surface area (Å²) in [6.07, 6.45) is 13.8. The van der Waals surface area contributed by atoms with Crippen LogP contribution >= 0.6 is 0 Å². The van der Waals surface area contributed by atoms with Crippen LogP contribution in [0.5, 0.6) is 0 Å². The molecule has 5 nitrogen and oxygen atoms in total. The molecule has 1 N–H and O–H groups in total. The molecule has 1 amide bonds. The van der Waals surface area contributed by atoms with E-state index >= 15 is 0 Å². The maximum absolute atomic E-state index is 13.3. The number of carbonyl (C=O) groups is 1. The third kappa shape index (κ3) is 3.68. The first kappa shape index (κ1) is 20.6. The zero-order chi connectivity index (χ0) is 22.6. The number of pyridine rings is 2. The van der Waals surface area contributed by atoms with Gasteiger partial charge in [0.05, 0.1) is 6.04 Å². The predicted molar refractivity (Wildman–Crippen MR) is 130 cm³/mol. The van der Waals surface area contributed by atoms with E-state index in [1.54, 1.807) is 17.0 Å². The molecule has 3 aromatic rings. The van der Waals surface area contributed by atoms with Gasteiger partial charge in [-0.25, -0.2) is 0 Å². The first-order valence-corrected chi connectivity index (χ1v) is 12.3. The molecule has 4 bridgehead atoms. The fraction of sp³-hybridized carbons (Fsp3) is 0.464. The molecule has 1 unspecified atom stereocenters. The van der Waals surface area contributed by atoms with Gasteiger partial charge in [-0.2, -0.15) is 0 Å². The number of benzene rings is 1. The molecule has 1 aromatic carbocycles. The maximum atomic E-state index is 13.3. The minimum Gasteiger partial charge on any atom is -0.325 e. The lowest BCUT2D eigenvalue weighted by Crippen LogP contribution is -2.47. The summed E-state index contributed by atoms with van der Waals surface area (Å²) >= 11 is 0. The quantitative estimate of drug-likeness (QED) is 0.564. The first-order valence-electron chi connectivity index (χ1n) is 12.3. The van der Waals surface area contributed by atoms with Crippen molar-refractivity contribution in [3.63, 3.8) is 0 Å². The molecule has 5 heteroatoms. The van der Waals surface area contributed by atoms with Crippen molar-refractivity contribution in [2.75, 3.05) is 5.32 Å². The first-order chi connectivity index (χ1) is 16.0. The molecule has 0 saturated heterocycles. The summed E-state index contributed by atoms with van der Waals surface area (Å²) in [5.74, 6) is 2.60. The van der Waals surface area contributed by atoms with Gasteiger partial charge >= 0.3 is 0 Å². The van der Waals surface area contributed by atoms with Crippen molar-refractivity contribution in [1.82, 2.24) is 9.55 Å². The van der Waals surface area contributed by atoms with Crippen molar-refractivity contribution in [2.45, 2.75) is 57.9 Å². The van der Waals surface area contributed by atoms with E-state index in [0.29, 0.717) is 11.8 Å². The predicted octanol–water partition coefficient (Wildman–Crippen LogP) is 5.55. The van der Waals surface area contributed by atoms with Gasteiger partial charge in [-0.3, -0.25) is 14.6 Å². The number of nitrogens with zero attached hydrogens (tertiary/aromatic N) is 2. The van der Waals surface area contributed by atoms with E-state index in [0.717, 1.165) is 34.4 Å². The summed E-state index contributed by atoms with van der Waals surface area (Å²) in [5, 5.41) is 4.61. The standard InChI is InChI=1S/C28H31N3O2/c1-18(22-5-8-29-9-6-22)31-10-7-23-24(27(31)33)3-2-4-25(23)30-26(32)17-28-14-19-11-20(15-28)13-21(12-19)16-28/h2-10,18-21H,11-17H2,1H3,(H,30,32). The zero-order valence-electron chi connectivity index (χ0n) is 19.2. The lowest BCUT2D eigenvalue weighted by Gasteiger charge is -2.56. The molecule has 2 aromatic heterocycles. The maximum Gasteiger partial charge on any atom is 0.259 e. The molecule has 4 aliphatic rings. The highest BCUT2D eigenvalue weighted by Gasteiger charge is 2.51. The average molecular weight is 442 g/mol. The van der Waals surface area contributed by atoms with Crippen molar-refractivity contribution in [1.29, 1.82) is 0 Å². The summed E-state index contributed by atoms with van der Waals surface area (Å²) in [7, 11) is 0. The third-order valence-corrected chi connectivity index (χ3v) is 8.55. The second-order valence-corrected chi connectivity index (χ2v) is 10.9. The number of rotatable bonds is 5. The van der Waals surface area contributed by atoms with Crippen molar-refractivity contribution >= 4 is 22.4 Å². The van der Waals surface area contributed by atoms with Crippen LogP contribution in [-0.2, 0) is 4.79 Å². The Kier molecular flexibility index (Phi) is 4.89. The molecule has 0 radical (unpaired) electrons. The van der Waals surface area contributed by atoms with E-state index in [1.807, 2.05) is 49.5 Å². The second-order valence-electron chi connectivity index (χ2n) is 10.9. The molecule has 4 fully saturated rings. The summed E-state index contributed by atoms with van der Waals surface area (Å²) in [4.78, 5) is 30.6.